The maximum Gasteiger partial charge on any atom is 0.258 e. The highest BCUT2D eigenvalue weighted by atomic mass is 16.2. The van der Waals surface area contributed by atoms with Gasteiger partial charge in [-0.2, -0.15) is 0 Å². The quantitative estimate of drug-likeness (QED) is 0.587. The molecule has 0 radical (unpaired) electrons. The van der Waals surface area contributed by atoms with Gasteiger partial charge in [0.1, 0.15) is 5.82 Å². The van der Waals surface area contributed by atoms with E-state index in [1.165, 1.54) is 0 Å². The maximum absolute atomic E-state index is 13.2. The number of nitrogens with zero attached hydrogens (tertiary/aromatic N) is 3. The van der Waals surface area contributed by atoms with E-state index >= 15 is 0 Å². The number of likely N-dealkylation sites (tertiary alicyclic amines) is 1. The lowest BCUT2D eigenvalue weighted by molar-refractivity contribution is -0.131. The highest BCUT2D eigenvalue weighted by molar-refractivity contribution is 5.89. The summed E-state index contributed by atoms with van der Waals surface area (Å²) < 4.78 is 2.06. The second-order valence-corrected chi connectivity index (χ2v) is 7.67. The van der Waals surface area contributed by atoms with E-state index in [1.54, 1.807) is 6.07 Å². The fraction of sp³-hybridized carbons (Fsp3) is 0.261. The zero-order valence-corrected chi connectivity index (χ0v) is 16.3. The summed E-state index contributed by atoms with van der Waals surface area (Å²) in [4.78, 5) is 35.1. The molecule has 0 saturated carbocycles. The Balaban J connectivity index is 1.46. The van der Waals surface area contributed by atoms with Crippen molar-refractivity contribution in [2.45, 2.75) is 25.3 Å². The number of aromatic amines is 1. The minimum Gasteiger partial charge on any atom is -0.350 e. The average molecular weight is 386 g/mol. The van der Waals surface area contributed by atoms with Gasteiger partial charge in [0.2, 0.25) is 5.91 Å². The fourth-order valence-corrected chi connectivity index (χ4v) is 4.44. The Hall–Kier alpha value is -3.41. The molecule has 0 bridgehead atoms. The summed E-state index contributed by atoms with van der Waals surface area (Å²) in [5.41, 5.74) is 2.66. The Labute approximate surface area is 167 Å². The molecule has 4 aromatic rings. The number of aromatic nitrogens is 3. The molecule has 1 fully saturated rings. The Morgan fingerprint density at radius 2 is 1.90 bits per heavy atom. The lowest BCUT2D eigenvalue weighted by atomic mass is 10.1. The number of aryl methyl sites for hydroxylation is 1. The minimum absolute atomic E-state index is 0.0691. The first-order valence-corrected chi connectivity index (χ1v) is 9.93. The Morgan fingerprint density at radius 1 is 1.14 bits per heavy atom. The van der Waals surface area contributed by atoms with Gasteiger partial charge in [-0.25, -0.2) is 4.98 Å². The van der Waals surface area contributed by atoms with Gasteiger partial charge in [-0.3, -0.25) is 9.59 Å². The number of H-pyrrole nitrogens is 1. The molecule has 3 heterocycles. The van der Waals surface area contributed by atoms with Crippen LogP contribution in [0.25, 0.3) is 21.8 Å². The Bertz CT molecular complexity index is 1290. The van der Waals surface area contributed by atoms with Crippen LogP contribution in [0.3, 0.4) is 0 Å². The summed E-state index contributed by atoms with van der Waals surface area (Å²) in [5, 5.41) is 1.68. The second kappa shape index (κ2) is 6.88. The van der Waals surface area contributed by atoms with Crippen molar-refractivity contribution in [1.82, 2.24) is 19.4 Å². The maximum atomic E-state index is 13.2. The Morgan fingerprint density at radius 3 is 2.76 bits per heavy atom. The molecule has 1 saturated heterocycles. The van der Waals surface area contributed by atoms with Crippen LogP contribution in [0.2, 0.25) is 0 Å². The molecule has 1 aliphatic heterocycles. The number of amides is 1. The summed E-state index contributed by atoms with van der Waals surface area (Å²) in [6, 6.07) is 15.2. The zero-order valence-electron chi connectivity index (χ0n) is 16.3. The van der Waals surface area contributed by atoms with Crippen LogP contribution in [0.4, 0.5) is 0 Å². The summed E-state index contributed by atoms with van der Waals surface area (Å²) in [6.45, 7) is 0.685. The molecular formula is C23H22N4O2. The zero-order chi connectivity index (χ0) is 20.0. The van der Waals surface area contributed by atoms with Crippen LogP contribution in [0.5, 0.6) is 0 Å². The molecular weight excluding hydrogens is 364 g/mol. The topological polar surface area (TPSA) is 71.0 Å². The van der Waals surface area contributed by atoms with Crippen LogP contribution >= 0.6 is 0 Å². The first-order valence-electron chi connectivity index (χ1n) is 9.93. The van der Waals surface area contributed by atoms with Gasteiger partial charge in [0, 0.05) is 30.7 Å². The number of hydrogen-bond acceptors (Lipinski definition) is 3. The highest BCUT2D eigenvalue weighted by Crippen LogP contribution is 2.31. The van der Waals surface area contributed by atoms with E-state index in [4.69, 9.17) is 0 Å². The smallest absolute Gasteiger partial charge is 0.258 e. The summed E-state index contributed by atoms with van der Waals surface area (Å²) in [5.74, 6) is 0.650. The van der Waals surface area contributed by atoms with Crippen LogP contribution in [-0.4, -0.2) is 31.9 Å². The average Bonchev–Trinajstić information content (AvgIpc) is 3.34. The van der Waals surface area contributed by atoms with Gasteiger partial charge in [-0.15, -0.1) is 0 Å². The normalized spacial score (nSPS) is 16.7. The molecule has 1 atom stereocenters. The van der Waals surface area contributed by atoms with E-state index in [-0.39, 0.29) is 17.5 Å². The number of benzene rings is 2. The van der Waals surface area contributed by atoms with Gasteiger partial charge >= 0.3 is 0 Å². The number of carbonyl (C=O) groups is 1. The lowest BCUT2D eigenvalue weighted by Gasteiger charge is -2.24. The molecule has 29 heavy (non-hydrogen) atoms. The van der Waals surface area contributed by atoms with Crippen LogP contribution < -0.4 is 5.56 Å². The van der Waals surface area contributed by atoms with Crippen molar-refractivity contribution >= 4 is 27.7 Å². The predicted octanol–water partition coefficient (Wildman–Crippen LogP) is 3.32. The van der Waals surface area contributed by atoms with Crippen LogP contribution in [0.1, 0.15) is 30.3 Å². The third-order valence-corrected chi connectivity index (χ3v) is 5.84. The first-order chi connectivity index (χ1) is 14.1. The van der Waals surface area contributed by atoms with E-state index < -0.39 is 0 Å². The molecule has 6 heteroatoms. The predicted molar refractivity (Wildman–Crippen MR) is 113 cm³/mol. The van der Waals surface area contributed by atoms with Gasteiger partial charge in [-0.05, 0) is 36.6 Å². The fourth-order valence-electron chi connectivity index (χ4n) is 4.44. The molecule has 0 aliphatic carbocycles. The molecule has 1 unspecified atom stereocenters. The van der Waals surface area contributed by atoms with Crippen molar-refractivity contribution in [3.05, 3.63) is 76.5 Å². The monoisotopic (exact) mass is 386 g/mol. The number of rotatable bonds is 3. The summed E-state index contributed by atoms with van der Waals surface area (Å²) in [7, 11) is 2.00. The van der Waals surface area contributed by atoms with Gasteiger partial charge in [0.25, 0.3) is 5.56 Å². The van der Waals surface area contributed by atoms with Crippen LogP contribution in [-0.2, 0) is 18.3 Å². The molecule has 1 amide bonds. The van der Waals surface area contributed by atoms with Gasteiger partial charge in [-0.1, -0.05) is 30.3 Å². The lowest BCUT2D eigenvalue weighted by Crippen LogP contribution is -2.33. The standard InChI is InChI=1S/C23H22N4O2/c1-26-14-15(16-7-3-5-10-19(16)26)13-21(28)27-12-6-11-20(27)22-24-18-9-4-2-8-17(18)23(29)25-22/h2-5,7-10,14,20H,6,11-13H2,1H3,(H,24,25,29). The molecule has 1 aliphatic rings. The number of fused-ring (bicyclic) bond motifs is 2. The summed E-state index contributed by atoms with van der Waals surface area (Å²) in [6.07, 6.45) is 4.09. The van der Waals surface area contributed by atoms with Crippen molar-refractivity contribution in [1.29, 1.82) is 0 Å². The van der Waals surface area contributed by atoms with Crippen molar-refractivity contribution < 1.29 is 4.79 Å². The van der Waals surface area contributed by atoms with Crippen LogP contribution in [0, 0.1) is 0 Å². The van der Waals surface area contributed by atoms with Crippen LogP contribution in [0.15, 0.2) is 59.5 Å². The van der Waals surface area contributed by atoms with E-state index in [1.807, 2.05) is 48.5 Å². The van der Waals surface area contributed by atoms with E-state index in [0.717, 1.165) is 29.3 Å². The largest absolute Gasteiger partial charge is 0.350 e. The second-order valence-electron chi connectivity index (χ2n) is 7.67. The minimum atomic E-state index is -0.185. The Kier molecular flexibility index (Phi) is 4.19. The van der Waals surface area contributed by atoms with E-state index in [9.17, 15) is 9.59 Å². The SMILES string of the molecule is Cn1cc(CC(=O)N2CCCC2c2nc3ccccc3c(=O)[nH]2)c2ccccc21. The molecule has 6 nitrogen and oxygen atoms in total. The molecule has 1 N–H and O–H groups in total. The first kappa shape index (κ1) is 17.7. The van der Waals surface area contributed by atoms with Gasteiger partial charge in [0.15, 0.2) is 0 Å². The molecule has 2 aromatic carbocycles. The molecule has 146 valence electrons. The van der Waals surface area contributed by atoms with Gasteiger partial charge in [0.05, 0.1) is 23.4 Å². The number of hydrogen-bond donors (Lipinski definition) is 1. The third-order valence-electron chi connectivity index (χ3n) is 5.84. The molecule has 2 aromatic heterocycles. The number of nitrogens with one attached hydrogen (secondary N) is 1. The van der Waals surface area contributed by atoms with E-state index in [2.05, 4.69) is 26.7 Å². The van der Waals surface area contributed by atoms with Crippen molar-refractivity contribution in [2.24, 2.45) is 7.05 Å². The van der Waals surface area contributed by atoms with Gasteiger partial charge < -0.3 is 14.5 Å². The number of carbonyl (C=O) groups excluding carboxylic acids is 1. The third kappa shape index (κ3) is 3.01. The molecule has 0 spiro atoms. The summed E-state index contributed by atoms with van der Waals surface area (Å²) >= 11 is 0. The van der Waals surface area contributed by atoms with Crippen molar-refractivity contribution in [3.8, 4) is 0 Å². The molecule has 5 rings (SSSR count). The highest BCUT2D eigenvalue weighted by Gasteiger charge is 2.32. The number of para-hydroxylation sites is 2. The van der Waals surface area contributed by atoms with E-state index in [0.29, 0.717) is 29.7 Å². The van der Waals surface area contributed by atoms with Crippen molar-refractivity contribution in [3.63, 3.8) is 0 Å². The van der Waals surface area contributed by atoms with Crippen molar-refractivity contribution in [2.75, 3.05) is 6.54 Å².